The number of ether oxygens (including phenoxy) is 8. The van der Waals surface area contributed by atoms with Gasteiger partial charge in [-0.1, -0.05) is 72.8 Å². The maximum absolute atomic E-state index is 6.04. The SMILES string of the molecule is CC(COC(C)c1ccc(-c2ccc(OCCCCOc3ccc(-c4ccc(C(C)OCC(C)OCC5CO5)cc4)cc3)cc2)cc1)OCC1CO1. The largest absolute Gasteiger partial charge is 0.494 e. The Hall–Kier alpha value is -3.76. The first-order valence-corrected chi connectivity index (χ1v) is 18.8. The van der Waals surface area contributed by atoms with Gasteiger partial charge in [0.2, 0.25) is 0 Å². The van der Waals surface area contributed by atoms with Crippen LogP contribution in [0.1, 0.15) is 63.9 Å². The van der Waals surface area contributed by atoms with Crippen LogP contribution in [0.3, 0.4) is 0 Å². The highest BCUT2D eigenvalue weighted by Gasteiger charge is 2.24. The molecule has 6 atom stereocenters. The van der Waals surface area contributed by atoms with Gasteiger partial charge in [-0.2, -0.15) is 0 Å². The molecular weight excluding hydrogens is 656 g/mol. The fourth-order valence-corrected chi connectivity index (χ4v) is 5.68. The fourth-order valence-electron chi connectivity index (χ4n) is 5.68. The zero-order chi connectivity index (χ0) is 36.1. The summed E-state index contributed by atoms with van der Waals surface area (Å²) < 4.78 is 46.0. The van der Waals surface area contributed by atoms with Gasteiger partial charge in [0.1, 0.15) is 23.7 Å². The molecule has 0 spiro atoms. The van der Waals surface area contributed by atoms with Crippen LogP contribution in [0.15, 0.2) is 97.1 Å². The molecule has 0 bridgehead atoms. The average Bonchev–Trinajstić information content (AvgIpc) is 4.13. The van der Waals surface area contributed by atoms with E-state index in [0.29, 0.717) is 39.6 Å². The summed E-state index contributed by atoms with van der Waals surface area (Å²) in [5.41, 5.74) is 6.92. The molecular formula is C44H54O8. The van der Waals surface area contributed by atoms with Gasteiger partial charge in [0, 0.05) is 0 Å². The Morgan fingerprint density at radius 1 is 0.481 bits per heavy atom. The Morgan fingerprint density at radius 2 is 0.808 bits per heavy atom. The van der Waals surface area contributed by atoms with Gasteiger partial charge >= 0.3 is 0 Å². The van der Waals surface area contributed by atoms with E-state index in [2.05, 4.69) is 86.6 Å². The lowest BCUT2D eigenvalue weighted by atomic mass is 10.0. The lowest BCUT2D eigenvalue weighted by molar-refractivity contribution is -0.0357. The Kier molecular flexibility index (Phi) is 14.1. The zero-order valence-corrected chi connectivity index (χ0v) is 31.0. The second-order valence-corrected chi connectivity index (χ2v) is 13.8. The third-order valence-electron chi connectivity index (χ3n) is 9.31. The molecule has 4 aromatic carbocycles. The number of hydrogen-bond donors (Lipinski definition) is 0. The van der Waals surface area contributed by atoms with Crippen molar-refractivity contribution in [2.75, 3.05) is 52.9 Å². The first-order valence-electron chi connectivity index (χ1n) is 18.8. The van der Waals surface area contributed by atoms with Crippen LogP contribution in [-0.2, 0) is 28.4 Å². The predicted molar refractivity (Wildman–Crippen MR) is 203 cm³/mol. The maximum Gasteiger partial charge on any atom is 0.119 e. The Balaban J connectivity index is 0.840. The monoisotopic (exact) mass is 710 g/mol. The molecule has 0 radical (unpaired) electrons. The van der Waals surface area contributed by atoms with Crippen molar-refractivity contribution >= 4 is 0 Å². The third-order valence-corrected chi connectivity index (χ3v) is 9.31. The van der Waals surface area contributed by atoms with Gasteiger partial charge in [-0.15, -0.1) is 0 Å². The number of benzene rings is 4. The van der Waals surface area contributed by atoms with Gasteiger partial charge in [-0.3, -0.25) is 0 Å². The van der Waals surface area contributed by atoms with Crippen LogP contribution >= 0.6 is 0 Å². The molecule has 2 aliphatic rings. The summed E-state index contributed by atoms with van der Waals surface area (Å²) >= 11 is 0. The fraction of sp³-hybridized carbons (Fsp3) is 0.455. The van der Waals surface area contributed by atoms with Crippen molar-refractivity contribution in [2.24, 2.45) is 0 Å². The van der Waals surface area contributed by atoms with Crippen molar-refractivity contribution in [1.29, 1.82) is 0 Å². The number of hydrogen-bond acceptors (Lipinski definition) is 8. The van der Waals surface area contributed by atoms with Crippen LogP contribution in [0.5, 0.6) is 11.5 Å². The smallest absolute Gasteiger partial charge is 0.119 e. The van der Waals surface area contributed by atoms with Crippen LogP contribution < -0.4 is 9.47 Å². The molecule has 2 saturated heterocycles. The van der Waals surface area contributed by atoms with E-state index in [-0.39, 0.29) is 36.6 Å². The summed E-state index contributed by atoms with van der Waals surface area (Å²) in [6.07, 6.45) is 2.46. The van der Waals surface area contributed by atoms with E-state index in [0.717, 1.165) is 70.9 Å². The lowest BCUT2D eigenvalue weighted by Gasteiger charge is -2.18. The van der Waals surface area contributed by atoms with Crippen molar-refractivity contribution < 1.29 is 37.9 Å². The number of rotatable bonds is 23. The maximum atomic E-state index is 6.04. The van der Waals surface area contributed by atoms with Gasteiger partial charge in [-0.25, -0.2) is 0 Å². The van der Waals surface area contributed by atoms with E-state index in [1.165, 1.54) is 0 Å². The molecule has 4 aromatic rings. The first-order chi connectivity index (χ1) is 25.4. The van der Waals surface area contributed by atoms with Gasteiger partial charge in [0.15, 0.2) is 0 Å². The molecule has 0 aromatic heterocycles. The van der Waals surface area contributed by atoms with Crippen LogP contribution in [0.4, 0.5) is 0 Å². The highest BCUT2D eigenvalue weighted by molar-refractivity contribution is 5.65. The molecule has 0 N–H and O–H groups in total. The van der Waals surface area contributed by atoms with Gasteiger partial charge in [0.25, 0.3) is 0 Å². The molecule has 278 valence electrons. The third kappa shape index (κ3) is 12.4. The molecule has 6 rings (SSSR count). The standard InChI is InChI=1S/C44H54O8/c1-31(47-27-43-29-51-43)25-49-33(3)35-7-11-37(12-8-35)39-15-19-41(20-16-39)45-23-5-6-24-46-42-21-17-40(18-22-42)38-13-9-36(10-14-38)34(4)50-26-32(2)48-28-44-30-52-44/h7-22,31-34,43-44H,5-6,23-30H2,1-4H3. The van der Waals surface area contributed by atoms with Crippen molar-refractivity contribution in [3.05, 3.63) is 108 Å². The summed E-state index contributed by atoms with van der Waals surface area (Å²) in [4.78, 5) is 0. The first kappa shape index (κ1) is 38.0. The summed E-state index contributed by atoms with van der Waals surface area (Å²) in [5.74, 6) is 1.75. The van der Waals surface area contributed by atoms with E-state index in [4.69, 9.17) is 37.9 Å². The number of epoxide rings is 2. The van der Waals surface area contributed by atoms with E-state index in [1.54, 1.807) is 0 Å². The average molecular weight is 711 g/mol. The minimum atomic E-state index is -0.00239. The quantitative estimate of drug-likeness (QED) is 0.0558. The Morgan fingerprint density at radius 3 is 1.13 bits per heavy atom. The Labute approximate surface area is 309 Å². The molecule has 0 aliphatic carbocycles. The topological polar surface area (TPSA) is 80.4 Å². The molecule has 0 amide bonds. The van der Waals surface area contributed by atoms with Gasteiger partial charge in [-0.05, 0) is 98.2 Å². The van der Waals surface area contributed by atoms with Crippen molar-refractivity contribution in [3.63, 3.8) is 0 Å². The Bertz CT molecular complexity index is 1480. The lowest BCUT2D eigenvalue weighted by Crippen LogP contribution is -2.19. The van der Waals surface area contributed by atoms with Crippen LogP contribution in [0.2, 0.25) is 0 Å². The van der Waals surface area contributed by atoms with Crippen LogP contribution in [0.25, 0.3) is 22.3 Å². The molecule has 6 unspecified atom stereocenters. The second-order valence-electron chi connectivity index (χ2n) is 13.8. The normalized spacial score (nSPS) is 18.7. The molecule has 2 fully saturated rings. The van der Waals surface area contributed by atoms with Crippen molar-refractivity contribution in [3.8, 4) is 33.8 Å². The van der Waals surface area contributed by atoms with Crippen LogP contribution in [0, 0.1) is 0 Å². The van der Waals surface area contributed by atoms with E-state index in [1.807, 2.05) is 38.1 Å². The zero-order valence-electron chi connectivity index (χ0n) is 31.0. The minimum absolute atomic E-state index is 0.00239. The molecule has 52 heavy (non-hydrogen) atoms. The molecule has 2 heterocycles. The predicted octanol–water partition coefficient (Wildman–Crippen LogP) is 9.02. The summed E-state index contributed by atoms with van der Waals surface area (Å²) in [7, 11) is 0. The molecule has 2 aliphatic heterocycles. The second kappa shape index (κ2) is 19.4. The van der Waals surface area contributed by atoms with Crippen molar-refractivity contribution in [2.45, 2.75) is 77.2 Å². The van der Waals surface area contributed by atoms with E-state index in [9.17, 15) is 0 Å². The van der Waals surface area contributed by atoms with Crippen molar-refractivity contribution in [1.82, 2.24) is 0 Å². The van der Waals surface area contributed by atoms with Crippen LogP contribution in [-0.4, -0.2) is 77.3 Å². The molecule has 8 heteroatoms. The summed E-state index contributed by atoms with van der Waals surface area (Å²) in [6.45, 7) is 13.5. The highest BCUT2D eigenvalue weighted by Crippen LogP contribution is 2.27. The number of unbranched alkanes of at least 4 members (excludes halogenated alkanes) is 1. The molecule has 0 saturated carbocycles. The minimum Gasteiger partial charge on any atom is -0.494 e. The summed E-state index contributed by atoms with van der Waals surface area (Å²) in [5, 5.41) is 0. The molecule has 8 nitrogen and oxygen atoms in total. The summed E-state index contributed by atoms with van der Waals surface area (Å²) in [6, 6.07) is 33.7. The highest BCUT2D eigenvalue weighted by atomic mass is 16.6. The van der Waals surface area contributed by atoms with Gasteiger partial charge in [0.05, 0.1) is 77.3 Å². The van der Waals surface area contributed by atoms with E-state index < -0.39 is 0 Å². The van der Waals surface area contributed by atoms with Gasteiger partial charge < -0.3 is 37.9 Å². The van der Waals surface area contributed by atoms with E-state index >= 15 is 0 Å².